The molecule has 0 heterocycles. The molecule has 0 spiro atoms. The topological polar surface area (TPSA) is 102 Å². The first-order valence-corrected chi connectivity index (χ1v) is 11.1. The Morgan fingerprint density at radius 1 is 1.11 bits per heavy atom. The predicted molar refractivity (Wildman–Crippen MR) is 108 cm³/mol. The van der Waals surface area contributed by atoms with Crippen LogP contribution in [0, 0.1) is 0 Å². The molecule has 4 N–H and O–H groups in total. The molecule has 2 aromatic carbocycles. The van der Waals surface area contributed by atoms with Crippen LogP contribution < -0.4 is 10.5 Å². The van der Waals surface area contributed by atoms with Gasteiger partial charge in [0.15, 0.2) is 0 Å². The summed E-state index contributed by atoms with van der Waals surface area (Å²) < 4.78 is 21.3. The number of ether oxygens (including phenoxy) is 1. The van der Waals surface area contributed by atoms with Gasteiger partial charge in [-0.3, -0.25) is 4.52 Å². The van der Waals surface area contributed by atoms with Crippen LogP contribution >= 0.6 is 7.82 Å². The van der Waals surface area contributed by atoms with E-state index in [2.05, 4.69) is 28.8 Å². The standard InChI is InChI=1S/C21H28NO5P/c22-21(16-27-28(23,24)25)13-12-19(15-21)18-10-8-17(9-11-18)5-4-14-26-20-6-2-1-3-7-20/h1-3,6-11,19H,4-5,12-16,22H2,(H2,23,24,25)/t19-,21+/m0/s1. The van der Waals surface area contributed by atoms with Crippen molar-refractivity contribution in [2.75, 3.05) is 13.2 Å². The highest BCUT2D eigenvalue weighted by Gasteiger charge is 2.38. The number of hydrogen-bond donors (Lipinski definition) is 3. The van der Waals surface area contributed by atoms with Crippen molar-refractivity contribution in [1.29, 1.82) is 0 Å². The normalized spacial score (nSPS) is 22.3. The fraction of sp³-hybridized carbons (Fsp3) is 0.429. The monoisotopic (exact) mass is 405 g/mol. The van der Waals surface area contributed by atoms with Crippen molar-refractivity contribution in [2.45, 2.75) is 43.6 Å². The Morgan fingerprint density at radius 3 is 2.50 bits per heavy atom. The summed E-state index contributed by atoms with van der Waals surface area (Å²) in [6.45, 7) is 0.566. The quantitative estimate of drug-likeness (QED) is 0.434. The Kier molecular flexibility index (Phi) is 6.91. The van der Waals surface area contributed by atoms with E-state index >= 15 is 0 Å². The minimum Gasteiger partial charge on any atom is -0.494 e. The average Bonchev–Trinajstić information content (AvgIpc) is 3.07. The van der Waals surface area contributed by atoms with Crippen LogP contribution in [-0.4, -0.2) is 28.5 Å². The summed E-state index contributed by atoms with van der Waals surface area (Å²) in [5.74, 6) is 1.19. The van der Waals surface area contributed by atoms with E-state index in [9.17, 15) is 4.57 Å². The van der Waals surface area contributed by atoms with Crippen LogP contribution in [0.1, 0.15) is 42.7 Å². The van der Waals surface area contributed by atoms with Gasteiger partial charge in [-0.05, 0) is 61.3 Å². The van der Waals surface area contributed by atoms with Crippen LogP contribution in [0.4, 0.5) is 0 Å². The van der Waals surface area contributed by atoms with Gasteiger partial charge >= 0.3 is 7.82 Å². The number of hydrogen-bond acceptors (Lipinski definition) is 4. The van der Waals surface area contributed by atoms with Crippen molar-refractivity contribution in [1.82, 2.24) is 0 Å². The van der Waals surface area contributed by atoms with E-state index in [4.69, 9.17) is 20.3 Å². The smallest absolute Gasteiger partial charge is 0.469 e. The first-order valence-electron chi connectivity index (χ1n) is 9.59. The van der Waals surface area contributed by atoms with Gasteiger partial charge in [0.25, 0.3) is 0 Å². The molecular weight excluding hydrogens is 377 g/mol. The van der Waals surface area contributed by atoms with Gasteiger partial charge in [0.1, 0.15) is 5.75 Å². The van der Waals surface area contributed by atoms with Gasteiger partial charge in [-0.1, -0.05) is 42.5 Å². The molecule has 0 aliphatic heterocycles. The van der Waals surface area contributed by atoms with E-state index in [1.54, 1.807) is 0 Å². The molecule has 1 aliphatic carbocycles. The molecule has 0 radical (unpaired) electrons. The van der Waals surface area contributed by atoms with Gasteiger partial charge < -0.3 is 20.3 Å². The zero-order valence-corrected chi connectivity index (χ0v) is 16.8. The molecule has 28 heavy (non-hydrogen) atoms. The third kappa shape index (κ3) is 6.43. The van der Waals surface area contributed by atoms with Crippen molar-refractivity contribution < 1.29 is 23.6 Å². The highest BCUT2D eigenvalue weighted by atomic mass is 31.2. The maximum Gasteiger partial charge on any atom is 0.469 e. The molecule has 0 amide bonds. The van der Waals surface area contributed by atoms with Gasteiger partial charge in [-0.15, -0.1) is 0 Å². The second kappa shape index (κ2) is 9.21. The number of rotatable bonds is 9. The number of aryl methyl sites for hydroxylation is 1. The van der Waals surface area contributed by atoms with Crippen molar-refractivity contribution in [3.05, 3.63) is 65.7 Å². The molecular formula is C21H28NO5P. The van der Waals surface area contributed by atoms with Gasteiger partial charge in [-0.2, -0.15) is 0 Å². The molecule has 0 unspecified atom stereocenters. The Bertz CT molecular complexity index is 792. The van der Waals surface area contributed by atoms with Crippen LogP contribution in [0.5, 0.6) is 5.75 Å². The Balaban J connectivity index is 1.44. The maximum atomic E-state index is 10.9. The van der Waals surface area contributed by atoms with Crippen molar-refractivity contribution in [2.24, 2.45) is 5.73 Å². The minimum absolute atomic E-state index is 0.118. The zero-order chi connectivity index (χ0) is 20.0. The van der Waals surface area contributed by atoms with Gasteiger partial charge in [-0.25, -0.2) is 4.57 Å². The molecule has 2 aromatic rings. The van der Waals surface area contributed by atoms with Crippen molar-refractivity contribution >= 4 is 7.82 Å². The summed E-state index contributed by atoms with van der Waals surface area (Å²) in [6, 6.07) is 18.4. The second-order valence-electron chi connectivity index (χ2n) is 7.57. The number of phosphoric ester groups is 1. The van der Waals surface area contributed by atoms with Crippen LogP contribution in [-0.2, 0) is 15.5 Å². The summed E-state index contributed by atoms with van der Waals surface area (Å²) in [5.41, 5.74) is 8.07. The van der Waals surface area contributed by atoms with E-state index in [1.807, 2.05) is 30.3 Å². The van der Waals surface area contributed by atoms with E-state index in [0.717, 1.165) is 25.0 Å². The molecule has 2 atom stereocenters. The van der Waals surface area contributed by atoms with Crippen LogP contribution in [0.25, 0.3) is 0 Å². The predicted octanol–water partition coefficient (Wildman–Crippen LogP) is 3.77. The van der Waals surface area contributed by atoms with Crippen LogP contribution in [0.3, 0.4) is 0 Å². The third-order valence-electron chi connectivity index (χ3n) is 5.24. The van der Waals surface area contributed by atoms with Crippen molar-refractivity contribution in [3.8, 4) is 5.75 Å². The Morgan fingerprint density at radius 2 is 1.82 bits per heavy atom. The molecule has 1 aliphatic rings. The lowest BCUT2D eigenvalue weighted by Crippen LogP contribution is -2.41. The van der Waals surface area contributed by atoms with Crippen LogP contribution in [0.2, 0.25) is 0 Å². The first kappa shape index (κ1) is 21.0. The van der Waals surface area contributed by atoms with Gasteiger partial charge in [0, 0.05) is 5.54 Å². The number of benzene rings is 2. The molecule has 1 fully saturated rings. The second-order valence-corrected chi connectivity index (χ2v) is 8.81. The van der Waals surface area contributed by atoms with E-state index in [-0.39, 0.29) is 6.61 Å². The highest BCUT2D eigenvalue weighted by Crippen LogP contribution is 2.43. The lowest BCUT2D eigenvalue weighted by Gasteiger charge is -2.24. The Labute approximate surface area is 165 Å². The first-order chi connectivity index (χ1) is 13.3. The van der Waals surface area contributed by atoms with Crippen molar-refractivity contribution in [3.63, 3.8) is 0 Å². The molecule has 6 nitrogen and oxygen atoms in total. The molecule has 7 heteroatoms. The molecule has 152 valence electrons. The SMILES string of the molecule is N[C@]1(COP(=O)(O)O)CC[C@H](c2ccc(CCCOc3ccccc3)cc2)C1. The maximum absolute atomic E-state index is 10.9. The summed E-state index contributed by atoms with van der Waals surface area (Å²) in [6.07, 6.45) is 4.15. The largest absolute Gasteiger partial charge is 0.494 e. The number of phosphoric acid groups is 1. The third-order valence-corrected chi connectivity index (χ3v) is 5.70. The molecule has 1 saturated carbocycles. The molecule has 0 bridgehead atoms. The van der Waals surface area contributed by atoms with Crippen LogP contribution in [0.15, 0.2) is 54.6 Å². The molecule has 0 aromatic heterocycles. The number of para-hydroxylation sites is 1. The lowest BCUT2D eigenvalue weighted by molar-refractivity contribution is 0.153. The average molecular weight is 405 g/mol. The molecule has 0 saturated heterocycles. The molecule has 3 rings (SSSR count). The highest BCUT2D eigenvalue weighted by molar-refractivity contribution is 7.46. The van der Waals surface area contributed by atoms with Gasteiger partial charge in [0.2, 0.25) is 0 Å². The van der Waals surface area contributed by atoms with E-state index < -0.39 is 13.4 Å². The summed E-state index contributed by atoms with van der Waals surface area (Å²) >= 11 is 0. The summed E-state index contributed by atoms with van der Waals surface area (Å²) in [4.78, 5) is 17.8. The zero-order valence-electron chi connectivity index (χ0n) is 15.9. The van der Waals surface area contributed by atoms with Gasteiger partial charge in [0.05, 0.1) is 13.2 Å². The van der Waals surface area contributed by atoms with E-state index in [0.29, 0.717) is 25.4 Å². The Hall–Kier alpha value is -1.69. The summed E-state index contributed by atoms with van der Waals surface area (Å²) in [5, 5.41) is 0. The fourth-order valence-corrected chi connectivity index (χ4v) is 4.15. The lowest BCUT2D eigenvalue weighted by atomic mass is 9.93. The minimum atomic E-state index is -4.48. The fourth-order valence-electron chi connectivity index (χ4n) is 3.72. The summed E-state index contributed by atoms with van der Waals surface area (Å²) in [7, 11) is -4.48. The van der Waals surface area contributed by atoms with E-state index in [1.165, 1.54) is 11.1 Å². The number of nitrogens with two attached hydrogens (primary N) is 1.